The number of rotatable bonds is 3. The average Bonchev–Trinajstić information content (AvgIpc) is 2.48. The van der Waals surface area contributed by atoms with Gasteiger partial charge in [-0.2, -0.15) is 0 Å². The van der Waals surface area contributed by atoms with Crippen molar-refractivity contribution in [1.29, 1.82) is 0 Å². The highest BCUT2D eigenvalue weighted by Gasteiger charge is 2.06. The Balaban J connectivity index is 1.90. The normalized spacial score (nSPS) is 10.8. The third kappa shape index (κ3) is 2.85. The van der Waals surface area contributed by atoms with E-state index in [1.165, 1.54) is 0 Å². The van der Waals surface area contributed by atoms with Crippen molar-refractivity contribution in [2.45, 2.75) is 13.5 Å². The topological polar surface area (TPSA) is 45.2 Å². The van der Waals surface area contributed by atoms with Gasteiger partial charge in [-0.05, 0) is 40.5 Å². The molecule has 4 heteroatoms. The van der Waals surface area contributed by atoms with Crippen LogP contribution >= 0.6 is 15.9 Å². The maximum absolute atomic E-state index is 10.1. The molecule has 0 saturated carbocycles. The molecule has 0 saturated heterocycles. The minimum Gasteiger partial charge on any atom is -0.507 e. The van der Waals surface area contributed by atoms with Gasteiger partial charge in [-0.3, -0.25) is 4.98 Å². The summed E-state index contributed by atoms with van der Waals surface area (Å²) >= 11 is 3.43. The molecule has 2 aromatic carbocycles. The largest absolute Gasteiger partial charge is 0.507 e. The number of fused-ring (bicyclic) bond motifs is 1. The number of nitrogens with zero attached hydrogens (tertiary/aromatic N) is 1. The number of phenolic OH excluding ortho intramolecular Hbond substituents is 1. The van der Waals surface area contributed by atoms with Crippen LogP contribution in [0.3, 0.4) is 0 Å². The van der Waals surface area contributed by atoms with Crippen LogP contribution in [0, 0.1) is 6.92 Å². The highest BCUT2D eigenvalue weighted by atomic mass is 79.9. The first-order valence-corrected chi connectivity index (χ1v) is 7.50. The fraction of sp³-hybridized carbons (Fsp3) is 0.118. The number of aromatic nitrogens is 1. The first-order chi connectivity index (χ1) is 10.1. The van der Waals surface area contributed by atoms with Gasteiger partial charge in [0, 0.05) is 28.2 Å². The Kier molecular flexibility index (Phi) is 3.80. The number of pyridine rings is 1. The van der Waals surface area contributed by atoms with Gasteiger partial charge in [0.25, 0.3) is 0 Å². The van der Waals surface area contributed by atoms with E-state index in [4.69, 9.17) is 0 Å². The summed E-state index contributed by atoms with van der Waals surface area (Å²) in [5.74, 6) is 0.348. The Hall–Kier alpha value is -2.07. The minimum absolute atomic E-state index is 0.348. The van der Waals surface area contributed by atoms with E-state index < -0.39 is 0 Å². The highest BCUT2D eigenvalue weighted by molar-refractivity contribution is 9.10. The van der Waals surface area contributed by atoms with E-state index in [1.807, 2.05) is 49.4 Å². The average molecular weight is 343 g/mol. The Morgan fingerprint density at radius 3 is 2.86 bits per heavy atom. The summed E-state index contributed by atoms with van der Waals surface area (Å²) in [5, 5.41) is 14.5. The van der Waals surface area contributed by atoms with Crippen molar-refractivity contribution >= 4 is 32.5 Å². The zero-order chi connectivity index (χ0) is 14.8. The van der Waals surface area contributed by atoms with E-state index in [1.54, 1.807) is 6.20 Å². The molecule has 106 valence electrons. The van der Waals surface area contributed by atoms with Gasteiger partial charge in [0.15, 0.2) is 0 Å². The summed E-state index contributed by atoms with van der Waals surface area (Å²) in [6, 6.07) is 13.8. The van der Waals surface area contributed by atoms with Crippen molar-refractivity contribution in [3.8, 4) is 5.75 Å². The molecule has 21 heavy (non-hydrogen) atoms. The molecule has 3 rings (SSSR count). The molecule has 0 spiro atoms. The summed E-state index contributed by atoms with van der Waals surface area (Å²) in [6.45, 7) is 2.46. The lowest BCUT2D eigenvalue weighted by Gasteiger charge is -2.11. The third-order valence-corrected chi connectivity index (χ3v) is 3.90. The van der Waals surface area contributed by atoms with Crippen molar-refractivity contribution in [2.75, 3.05) is 5.32 Å². The molecule has 0 aliphatic carbocycles. The second-order valence-electron chi connectivity index (χ2n) is 4.97. The molecule has 1 heterocycles. The van der Waals surface area contributed by atoms with Crippen LogP contribution in [-0.4, -0.2) is 10.1 Å². The van der Waals surface area contributed by atoms with Crippen LogP contribution in [0.4, 0.5) is 5.69 Å². The number of para-hydroxylation sites is 2. The van der Waals surface area contributed by atoms with Gasteiger partial charge in [0.2, 0.25) is 0 Å². The lowest BCUT2D eigenvalue weighted by atomic mass is 10.1. The quantitative estimate of drug-likeness (QED) is 0.729. The molecule has 2 N–H and O–H groups in total. The number of hydrogen-bond donors (Lipinski definition) is 2. The lowest BCUT2D eigenvalue weighted by Crippen LogP contribution is -2.01. The minimum atomic E-state index is 0.348. The summed E-state index contributed by atoms with van der Waals surface area (Å²) in [7, 11) is 0. The molecular formula is C17H15BrN2O. The van der Waals surface area contributed by atoms with E-state index in [0.29, 0.717) is 12.3 Å². The summed E-state index contributed by atoms with van der Waals surface area (Å²) < 4.78 is 0.962. The van der Waals surface area contributed by atoms with E-state index in [2.05, 4.69) is 26.2 Å². The van der Waals surface area contributed by atoms with Crippen molar-refractivity contribution in [3.05, 3.63) is 64.3 Å². The lowest BCUT2D eigenvalue weighted by molar-refractivity contribution is 0.465. The second-order valence-corrected chi connectivity index (χ2v) is 5.88. The van der Waals surface area contributed by atoms with Gasteiger partial charge < -0.3 is 10.4 Å². The zero-order valence-electron chi connectivity index (χ0n) is 11.6. The number of nitrogens with one attached hydrogen (secondary N) is 1. The van der Waals surface area contributed by atoms with Crippen LogP contribution in [-0.2, 0) is 6.54 Å². The van der Waals surface area contributed by atoms with Gasteiger partial charge in [-0.15, -0.1) is 0 Å². The summed E-state index contributed by atoms with van der Waals surface area (Å²) in [5.41, 5.74) is 3.65. The Morgan fingerprint density at radius 2 is 2.00 bits per heavy atom. The monoisotopic (exact) mass is 342 g/mol. The van der Waals surface area contributed by atoms with Gasteiger partial charge in [-0.25, -0.2) is 0 Å². The van der Waals surface area contributed by atoms with Crippen LogP contribution < -0.4 is 5.32 Å². The Bertz CT molecular complexity index is 802. The second kappa shape index (κ2) is 5.74. The molecule has 1 aromatic heterocycles. The van der Waals surface area contributed by atoms with Crippen LogP contribution in [0.2, 0.25) is 0 Å². The van der Waals surface area contributed by atoms with Crippen LogP contribution in [0.25, 0.3) is 10.9 Å². The Labute approximate surface area is 131 Å². The van der Waals surface area contributed by atoms with E-state index in [0.717, 1.165) is 32.2 Å². The molecule has 0 aliphatic heterocycles. The third-order valence-electron chi connectivity index (χ3n) is 3.47. The maximum atomic E-state index is 10.1. The zero-order valence-corrected chi connectivity index (χ0v) is 13.2. The molecule has 3 aromatic rings. The molecule has 0 amide bonds. The fourth-order valence-corrected chi connectivity index (χ4v) is 2.68. The van der Waals surface area contributed by atoms with Gasteiger partial charge in [0.05, 0.1) is 11.2 Å². The van der Waals surface area contributed by atoms with Crippen molar-refractivity contribution in [1.82, 2.24) is 4.98 Å². The molecule has 0 bridgehead atoms. The molecule has 0 unspecified atom stereocenters. The molecule has 0 atom stereocenters. The van der Waals surface area contributed by atoms with Crippen LogP contribution in [0.1, 0.15) is 11.1 Å². The highest BCUT2D eigenvalue weighted by Crippen LogP contribution is 2.26. The fourth-order valence-electron chi connectivity index (χ4n) is 2.33. The SMILES string of the molecule is Cc1cccc(CNc2cccc3cc(Br)cnc23)c1O. The number of halogens is 1. The molecule has 0 fully saturated rings. The van der Waals surface area contributed by atoms with Crippen LogP contribution in [0.5, 0.6) is 5.75 Å². The van der Waals surface area contributed by atoms with Crippen LogP contribution in [0.15, 0.2) is 53.1 Å². The number of aromatic hydroxyl groups is 1. The predicted molar refractivity (Wildman–Crippen MR) is 89.6 cm³/mol. The summed E-state index contributed by atoms with van der Waals surface area (Å²) in [6.07, 6.45) is 1.79. The number of anilines is 1. The molecule has 0 radical (unpaired) electrons. The smallest absolute Gasteiger partial charge is 0.123 e. The Morgan fingerprint density at radius 1 is 1.19 bits per heavy atom. The molecular weight excluding hydrogens is 328 g/mol. The number of hydrogen-bond acceptors (Lipinski definition) is 3. The first kappa shape index (κ1) is 13.9. The van der Waals surface area contributed by atoms with Gasteiger partial charge >= 0.3 is 0 Å². The van der Waals surface area contributed by atoms with E-state index in [-0.39, 0.29) is 0 Å². The van der Waals surface area contributed by atoms with Crippen molar-refractivity contribution < 1.29 is 5.11 Å². The number of phenols is 1. The van der Waals surface area contributed by atoms with Crippen molar-refractivity contribution in [2.24, 2.45) is 0 Å². The number of aryl methyl sites for hydroxylation is 1. The van der Waals surface area contributed by atoms with Gasteiger partial charge in [-0.1, -0.05) is 30.3 Å². The van der Waals surface area contributed by atoms with Crippen molar-refractivity contribution in [3.63, 3.8) is 0 Å². The van der Waals surface area contributed by atoms with Gasteiger partial charge in [0.1, 0.15) is 5.75 Å². The van der Waals surface area contributed by atoms with E-state index >= 15 is 0 Å². The predicted octanol–water partition coefficient (Wildman–Crippen LogP) is 4.62. The summed E-state index contributed by atoms with van der Waals surface area (Å²) in [4.78, 5) is 4.46. The number of benzene rings is 2. The standard InChI is InChI=1S/C17H15BrN2O/c1-11-4-2-6-13(17(11)21)9-19-15-7-3-5-12-8-14(18)10-20-16(12)15/h2-8,10,19,21H,9H2,1H3. The molecule has 3 nitrogen and oxygen atoms in total. The van der Waals surface area contributed by atoms with E-state index in [9.17, 15) is 5.11 Å². The maximum Gasteiger partial charge on any atom is 0.123 e. The first-order valence-electron chi connectivity index (χ1n) is 6.71. The molecule has 0 aliphatic rings.